The minimum Gasteiger partial charge on any atom is -0.487 e. The van der Waals surface area contributed by atoms with Gasteiger partial charge in [0.05, 0.1) is 16.8 Å². The van der Waals surface area contributed by atoms with Gasteiger partial charge in [0.25, 0.3) is 5.91 Å². The Bertz CT molecular complexity index is 893. The van der Waals surface area contributed by atoms with Crippen LogP contribution in [0.4, 0.5) is 13.2 Å². The maximum atomic E-state index is 12.5. The molecular weight excluding hydrogens is 389 g/mol. The topological polar surface area (TPSA) is 51.2 Å². The van der Waals surface area contributed by atoms with Crippen molar-refractivity contribution in [3.8, 4) is 5.75 Å². The van der Waals surface area contributed by atoms with Crippen LogP contribution in [0.5, 0.6) is 5.75 Å². The van der Waals surface area contributed by atoms with E-state index in [0.717, 1.165) is 23.4 Å². The number of benzene rings is 2. The van der Waals surface area contributed by atoms with Crippen LogP contribution in [-0.4, -0.2) is 17.4 Å². The molecule has 0 aliphatic rings. The zero-order valence-corrected chi connectivity index (χ0v) is 15.5. The van der Waals surface area contributed by atoms with Gasteiger partial charge in [-0.05, 0) is 48.4 Å². The molecule has 0 saturated heterocycles. The Labute approximate surface area is 164 Å². The first kappa shape index (κ1) is 19.9. The minimum atomic E-state index is -4.34. The van der Waals surface area contributed by atoms with Crippen molar-refractivity contribution in [3.63, 3.8) is 0 Å². The van der Waals surface area contributed by atoms with Crippen molar-refractivity contribution in [1.29, 1.82) is 0 Å². The number of thiazole rings is 1. The highest BCUT2D eigenvalue weighted by molar-refractivity contribution is 7.07. The maximum Gasteiger partial charge on any atom is 0.416 e. The van der Waals surface area contributed by atoms with Crippen LogP contribution in [0.1, 0.15) is 27.2 Å². The summed E-state index contributed by atoms with van der Waals surface area (Å²) in [5.41, 5.74) is 3.09. The molecule has 4 nitrogen and oxygen atoms in total. The van der Waals surface area contributed by atoms with Crippen molar-refractivity contribution in [2.75, 3.05) is 6.54 Å². The number of hydrogen-bond acceptors (Lipinski definition) is 4. The number of ether oxygens (including phenoxy) is 1. The molecule has 0 aliphatic carbocycles. The van der Waals surface area contributed by atoms with Gasteiger partial charge in [0.1, 0.15) is 12.4 Å². The maximum absolute atomic E-state index is 12.5. The largest absolute Gasteiger partial charge is 0.487 e. The summed E-state index contributed by atoms with van der Waals surface area (Å²) in [6, 6.07) is 11.7. The standard InChI is InChI=1S/C20H17F3N2O2S/c21-20(22,23)16-5-1-14(2-6-16)9-10-24-19(26)15-3-7-18(8-4-15)27-11-17-12-28-13-25-17/h1-8,12-13H,9-11H2,(H,24,26). The summed E-state index contributed by atoms with van der Waals surface area (Å²) < 4.78 is 43.2. The second-order valence-electron chi connectivity index (χ2n) is 5.99. The lowest BCUT2D eigenvalue weighted by atomic mass is 10.1. The molecule has 1 aromatic heterocycles. The molecule has 0 saturated carbocycles. The summed E-state index contributed by atoms with van der Waals surface area (Å²) in [6.07, 6.45) is -3.90. The Kier molecular flexibility index (Phi) is 6.30. The van der Waals surface area contributed by atoms with Crippen molar-refractivity contribution in [1.82, 2.24) is 10.3 Å². The fourth-order valence-corrected chi connectivity index (χ4v) is 2.99. The molecule has 0 radical (unpaired) electrons. The number of nitrogens with zero attached hydrogens (tertiary/aromatic N) is 1. The molecule has 2 aromatic carbocycles. The fourth-order valence-electron chi connectivity index (χ4n) is 2.45. The third kappa shape index (κ3) is 5.56. The van der Waals surface area contributed by atoms with E-state index in [1.165, 1.54) is 23.5 Å². The Balaban J connectivity index is 1.45. The normalized spacial score (nSPS) is 11.2. The molecule has 3 rings (SSSR count). The Morgan fingerprint density at radius 1 is 1.07 bits per heavy atom. The molecule has 8 heteroatoms. The van der Waals surface area contributed by atoms with E-state index >= 15 is 0 Å². The number of rotatable bonds is 7. The number of halogens is 3. The van der Waals surface area contributed by atoms with Crippen molar-refractivity contribution in [2.24, 2.45) is 0 Å². The van der Waals surface area contributed by atoms with Crippen LogP contribution in [-0.2, 0) is 19.2 Å². The van der Waals surface area contributed by atoms with Crippen LogP contribution in [0, 0.1) is 0 Å². The molecule has 146 valence electrons. The molecule has 1 amide bonds. The van der Waals surface area contributed by atoms with E-state index in [0.29, 0.717) is 30.9 Å². The first-order chi connectivity index (χ1) is 13.4. The number of carbonyl (C=O) groups is 1. The van der Waals surface area contributed by atoms with Crippen LogP contribution in [0.2, 0.25) is 0 Å². The Morgan fingerprint density at radius 3 is 2.39 bits per heavy atom. The predicted octanol–water partition coefficient (Wildman–Crippen LogP) is 4.71. The van der Waals surface area contributed by atoms with Gasteiger partial charge in [-0.2, -0.15) is 13.2 Å². The highest BCUT2D eigenvalue weighted by atomic mass is 32.1. The number of hydrogen-bond donors (Lipinski definition) is 1. The lowest BCUT2D eigenvalue weighted by Gasteiger charge is -2.09. The van der Waals surface area contributed by atoms with E-state index in [1.54, 1.807) is 29.8 Å². The van der Waals surface area contributed by atoms with Crippen molar-refractivity contribution >= 4 is 17.2 Å². The Hall–Kier alpha value is -2.87. The van der Waals surface area contributed by atoms with Crippen molar-refractivity contribution < 1.29 is 22.7 Å². The van der Waals surface area contributed by atoms with E-state index in [-0.39, 0.29) is 5.91 Å². The zero-order chi connectivity index (χ0) is 20.0. The van der Waals surface area contributed by atoms with Crippen LogP contribution in [0.25, 0.3) is 0 Å². The van der Waals surface area contributed by atoms with Crippen LogP contribution >= 0.6 is 11.3 Å². The molecule has 0 atom stereocenters. The second kappa shape index (κ2) is 8.88. The number of aromatic nitrogens is 1. The van der Waals surface area contributed by atoms with Gasteiger partial charge < -0.3 is 10.1 Å². The first-order valence-corrected chi connectivity index (χ1v) is 9.40. The fraction of sp³-hybridized carbons (Fsp3) is 0.200. The molecule has 0 bridgehead atoms. The van der Waals surface area contributed by atoms with Crippen molar-refractivity contribution in [3.05, 3.63) is 81.8 Å². The predicted molar refractivity (Wildman–Crippen MR) is 100 cm³/mol. The van der Waals surface area contributed by atoms with Gasteiger partial charge in [-0.1, -0.05) is 12.1 Å². The molecular formula is C20H17F3N2O2S. The third-order valence-electron chi connectivity index (χ3n) is 3.97. The van der Waals surface area contributed by atoms with Gasteiger partial charge in [0.15, 0.2) is 0 Å². The number of amides is 1. The number of nitrogens with one attached hydrogen (secondary N) is 1. The van der Waals surface area contributed by atoms with Gasteiger partial charge in [0.2, 0.25) is 0 Å². The summed E-state index contributed by atoms with van der Waals surface area (Å²) in [5.74, 6) is 0.382. The van der Waals surface area contributed by atoms with Crippen LogP contribution < -0.4 is 10.1 Å². The number of carbonyl (C=O) groups excluding carboxylic acids is 1. The first-order valence-electron chi connectivity index (χ1n) is 8.46. The van der Waals surface area contributed by atoms with Gasteiger partial charge >= 0.3 is 6.18 Å². The van der Waals surface area contributed by atoms with Gasteiger partial charge in [0, 0.05) is 17.5 Å². The lowest BCUT2D eigenvalue weighted by molar-refractivity contribution is -0.137. The second-order valence-corrected chi connectivity index (χ2v) is 6.71. The average Bonchev–Trinajstić information content (AvgIpc) is 3.20. The summed E-state index contributed by atoms with van der Waals surface area (Å²) >= 11 is 1.49. The molecule has 1 N–H and O–H groups in total. The molecule has 0 spiro atoms. The summed E-state index contributed by atoms with van der Waals surface area (Å²) in [7, 11) is 0. The smallest absolute Gasteiger partial charge is 0.416 e. The SMILES string of the molecule is O=C(NCCc1ccc(C(F)(F)F)cc1)c1ccc(OCc2cscn2)cc1. The van der Waals surface area contributed by atoms with Crippen LogP contribution in [0.3, 0.4) is 0 Å². The zero-order valence-electron chi connectivity index (χ0n) is 14.7. The summed E-state index contributed by atoms with van der Waals surface area (Å²) in [4.78, 5) is 16.3. The lowest BCUT2D eigenvalue weighted by Crippen LogP contribution is -2.25. The molecule has 0 aliphatic heterocycles. The molecule has 28 heavy (non-hydrogen) atoms. The van der Waals surface area contributed by atoms with Gasteiger partial charge in [-0.25, -0.2) is 4.98 Å². The molecule has 1 heterocycles. The monoisotopic (exact) mass is 406 g/mol. The molecule has 0 fully saturated rings. The van der Waals surface area contributed by atoms with E-state index in [4.69, 9.17) is 4.74 Å². The Morgan fingerprint density at radius 2 is 1.79 bits per heavy atom. The van der Waals surface area contributed by atoms with Crippen LogP contribution in [0.15, 0.2) is 59.4 Å². The van der Waals surface area contributed by atoms with Gasteiger partial charge in [-0.3, -0.25) is 4.79 Å². The van der Waals surface area contributed by atoms with E-state index < -0.39 is 11.7 Å². The summed E-state index contributed by atoms with van der Waals surface area (Å²) in [5, 5.41) is 4.66. The van der Waals surface area contributed by atoms with Gasteiger partial charge in [-0.15, -0.1) is 11.3 Å². The van der Waals surface area contributed by atoms with E-state index in [9.17, 15) is 18.0 Å². The molecule has 3 aromatic rings. The highest BCUT2D eigenvalue weighted by Gasteiger charge is 2.29. The summed E-state index contributed by atoms with van der Waals surface area (Å²) in [6.45, 7) is 0.689. The number of alkyl halides is 3. The van der Waals surface area contributed by atoms with Crippen molar-refractivity contribution in [2.45, 2.75) is 19.2 Å². The van der Waals surface area contributed by atoms with E-state index in [1.807, 2.05) is 5.38 Å². The average molecular weight is 406 g/mol. The quantitative estimate of drug-likeness (QED) is 0.618. The molecule has 0 unspecified atom stereocenters. The van der Waals surface area contributed by atoms with E-state index in [2.05, 4.69) is 10.3 Å². The highest BCUT2D eigenvalue weighted by Crippen LogP contribution is 2.29. The minimum absolute atomic E-state index is 0.252. The third-order valence-corrected chi connectivity index (χ3v) is 4.60.